The Morgan fingerprint density at radius 1 is 0.783 bits per heavy atom. The standard InChI is InChI=1S/C40H33OPS3.Os/c1-4-15-29-26-41-27-30(29)23-35(36-25-38-40(45-36)39-37(44-38)24-34(43-39)16-5-2)28(3)42(31-17-9-6-10-18-31,32-19-11-7-12-20-32)33-21-13-8-14-22-33;/h5-25H,4,26-27H2,1-2H3;/q+1;/b16-5+,29-15?,30-23?,35-28?;. The Labute approximate surface area is 293 Å². The van der Waals surface area contributed by atoms with Crippen LogP contribution in [0.2, 0.25) is 0 Å². The number of allylic oxidation sites excluding steroid dienone is 5. The molecule has 1 aliphatic heterocycles. The van der Waals surface area contributed by atoms with Gasteiger partial charge in [-0.25, -0.2) is 0 Å². The van der Waals surface area contributed by atoms with Gasteiger partial charge in [0.15, 0.2) is 0 Å². The first-order valence-electron chi connectivity index (χ1n) is 15.4. The van der Waals surface area contributed by atoms with Crippen molar-refractivity contribution in [3.8, 4) is 4.37 Å². The van der Waals surface area contributed by atoms with Crippen LogP contribution in [0, 0.1) is 4.37 Å². The van der Waals surface area contributed by atoms with Gasteiger partial charge in [0.25, 0.3) is 0 Å². The molecule has 0 radical (unpaired) electrons. The summed E-state index contributed by atoms with van der Waals surface area (Å²) in [6, 6.07) is 38.2. The van der Waals surface area contributed by atoms with Crippen molar-refractivity contribution in [1.82, 2.24) is 0 Å². The van der Waals surface area contributed by atoms with Crippen LogP contribution in [0.25, 0.3) is 30.4 Å². The maximum absolute atomic E-state index is 6.07. The van der Waals surface area contributed by atoms with Gasteiger partial charge in [0.05, 0.1) is 0 Å². The molecular formula is C40H33OOsPS3+. The molecule has 6 aromatic rings. The van der Waals surface area contributed by atoms with Crippen molar-refractivity contribution >= 4 is 87.6 Å². The molecule has 4 heterocycles. The second-order valence-electron chi connectivity index (χ2n) is 11.1. The van der Waals surface area contributed by atoms with Crippen LogP contribution in [0.15, 0.2) is 138 Å². The first kappa shape index (κ1) is 31.6. The molecule has 229 valence electrons. The van der Waals surface area contributed by atoms with Gasteiger partial charge >= 0.3 is 296 Å². The maximum atomic E-state index is 6.07. The number of rotatable bonds is 8. The molecule has 0 spiro atoms. The first-order chi connectivity index (χ1) is 22.7. The van der Waals surface area contributed by atoms with Gasteiger partial charge in [-0.3, -0.25) is 0 Å². The van der Waals surface area contributed by atoms with Gasteiger partial charge in [-0.15, -0.1) is 0 Å². The van der Waals surface area contributed by atoms with E-state index in [2.05, 4.69) is 146 Å². The number of thiophene rings is 3. The van der Waals surface area contributed by atoms with Crippen molar-refractivity contribution in [3.05, 3.63) is 148 Å². The Bertz CT molecular complexity index is 2080. The zero-order valence-electron chi connectivity index (χ0n) is 25.7. The molecule has 0 N–H and O–H groups in total. The number of ether oxygens (including phenoxy) is 1. The van der Waals surface area contributed by atoms with E-state index >= 15 is 0 Å². The van der Waals surface area contributed by atoms with Crippen molar-refractivity contribution in [2.45, 2.75) is 20.3 Å². The van der Waals surface area contributed by atoms with E-state index in [1.807, 2.05) is 52.0 Å². The molecule has 0 amide bonds. The average molecular weight is 847 g/mol. The summed E-state index contributed by atoms with van der Waals surface area (Å²) < 4.78 is 15.5. The summed E-state index contributed by atoms with van der Waals surface area (Å²) in [7, 11) is -2.38. The fourth-order valence-electron chi connectivity index (χ4n) is 6.27. The molecule has 3 aromatic carbocycles. The first-order valence-corrected chi connectivity index (χ1v) is 20.9. The van der Waals surface area contributed by atoms with Gasteiger partial charge < -0.3 is 0 Å². The molecule has 1 fully saturated rings. The number of hydrogen-bond donors (Lipinski definition) is 0. The zero-order valence-corrected chi connectivity index (χ0v) is 31.6. The summed E-state index contributed by atoms with van der Waals surface area (Å²) in [5, 5.41) is 5.27. The molecule has 0 saturated carbocycles. The molecule has 1 aliphatic rings. The van der Waals surface area contributed by atoms with E-state index in [1.165, 1.54) is 66.5 Å². The molecule has 1 saturated heterocycles. The van der Waals surface area contributed by atoms with Crippen LogP contribution in [0.3, 0.4) is 0 Å². The Balaban J connectivity index is 1.61. The predicted molar refractivity (Wildman–Crippen MR) is 203 cm³/mol. The molecule has 6 heteroatoms. The molecule has 0 unspecified atom stereocenters. The second-order valence-corrected chi connectivity index (χ2v) is 18.3. The Morgan fingerprint density at radius 3 is 1.91 bits per heavy atom. The third kappa shape index (κ3) is 5.74. The molecule has 0 atom stereocenters. The normalized spacial score (nSPS) is 16.2. The molecule has 3 aromatic heterocycles. The molecule has 1 nitrogen and oxygen atoms in total. The summed E-state index contributed by atoms with van der Waals surface area (Å²) in [6.07, 6.45) is 10.1. The van der Waals surface area contributed by atoms with E-state index in [4.69, 9.17) is 4.74 Å². The van der Waals surface area contributed by atoms with Gasteiger partial charge in [0.2, 0.25) is 0 Å². The fourth-order valence-corrected chi connectivity index (χ4v) is 16.2. The predicted octanol–water partition coefficient (Wildman–Crippen LogP) is 10.7. The topological polar surface area (TPSA) is 9.23 Å². The average Bonchev–Trinajstić information content (AvgIpc) is 3.87. The Morgan fingerprint density at radius 2 is 1.35 bits per heavy atom. The Hall–Kier alpha value is -2.95. The fraction of sp³-hybridized carbons (Fsp3) is 0.125. The van der Waals surface area contributed by atoms with E-state index in [1.54, 1.807) is 0 Å². The van der Waals surface area contributed by atoms with Gasteiger partial charge in [-0.1, -0.05) is 0 Å². The monoisotopic (exact) mass is 848 g/mol. The second kappa shape index (κ2) is 14.0. The van der Waals surface area contributed by atoms with Crippen molar-refractivity contribution in [2.24, 2.45) is 0 Å². The van der Waals surface area contributed by atoms with Crippen molar-refractivity contribution in [3.63, 3.8) is 0 Å². The van der Waals surface area contributed by atoms with Crippen LogP contribution in [-0.4, -0.2) is 13.2 Å². The minimum absolute atomic E-state index is 0.629. The van der Waals surface area contributed by atoms with Gasteiger partial charge in [0.1, 0.15) is 0 Å². The third-order valence-electron chi connectivity index (χ3n) is 8.24. The zero-order chi connectivity index (χ0) is 31.5. The van der Waals surface area contributed by atoms with E-state index < -0.39 is 7.26 Å². The summed E-state index contributed by atoms with van der Waals surface area (Å²) in [6.45, 7) is 5.59. The molecule has 46 heavy (non-hydrogen) atoms. The van der Waals surface area contributed by atoms with Gasteiger partial charge in [-0.05, 0) is 0 Å². The number of benzene rings is 3. The Kier molecular flexibility index (Phi) is 9.65. The number of hydrogen-bond acceptors (Lipinski definition) is 4. The molecule has 0 bridgehead atoms. The summed E-state index contributed by atoms with van der Waals surface area (Å²) in [4.78, 5) is 2.61. The summed E-state index contributed by atoms with van der Waals surface area (Å²) in [5.41, 5.74) is 3.83. The van der Waals surface area contributed by atoms with E-state index in [0.29, 0.717) is 13.2 Å². The van der Waals surface area contributed by atoms with Crippen LogP contribution < -0.4 is 15.9 Å². The molecule has 0 aliphatic carbocycles. The van der Waals surface area contributed by atoms with Gasteiger partial charge in [0, 0.05) is 0 Å². The van der Waals surface area contributed by atoms with Crippen molar-refractivity contribution in [1.29, 1.82) is 0 Å². The SMILES string of the molecule is C/C=C/c1cc2sc3cc(C(C=C4COCC4=CCC)=C([C]#[Os])[P+](c4ccccc4)(c4ccccc4)c4ccccc4)sc3c2s1. The summed E-state index contributed by atoms with van der Waals surface area (Å²) in [5.74, 6) is 0. The van der Waals surface area contributed by atoms with Crippen LogP contribution in [0.1, 0.15) is 30.0 Å². The molecule has 7 rings (SSSR count). The van der Waals surface area contributed by atoms with E-state index in [-0.39, 0.29) is 0 Å². The molecular weight excluding hydrogens is 814 g/mol. The van der Waals surface area contributed by atoms with E-state index in [9.17, 15) is 0 Å². The van der Waals surface area contributed by atoms with Crippen molar-refractivity contribution < 1.29 is 22.7 Å². The van der Waals surface area contributed by atoms with Crippen LogP contribution in [0.5, 0.6) is 0 Å². The van der Waals surface area contributed by atoms with Crippen LogP contribution in [0.4, 0.5) is 0 Å². The van der Waals surface area contributed by atoms with E-state index in [0.717, 1.165) is 6.42 Å². The summed E-state index contributed by atoms with van der Waals surface area (Å²) >= 11 is 7.59. The van der Waals surface area contributed by atoms with Crippen molar-refractivity contribution in [2.75, 3.05) is 13.2 Å². The third-order valence-corrected chi connectivity index (χ3v) is 17.4. The van der Waals surface area contributed by atoms with Gasteiger partial charge in [-0.2, -0.15) is 0 Å². The quantitative estimate of drug-likeness (QED) is 0.139. The van der Waals surface area contributed by atoms with Crippen LogP contribution in [-0.2, 0) is 22.7 Å². The van der Waals surface area contributed by atoms with Crippen LogP contribution >= 0.6 is 41.3 Å². The minimum atomic E-state index is -2.38. The number of fused-ring (bicyclic) bond motifs is 3.